The molecule has 0 N–H and O–H groups in total. The summed E-state index contributed by atoms with van der Waals surface area (Å²) < 4.78 is 24.2. The Kier molecular flexibility index (Phi) is 2.25. The number of hydrogen-bond donors (Lipinski definition) is 0. The lowest BCUT2D eigenvalue weighted by Gasteiger charge is -2.20. The van der Waals surface area contributed by atoms with Gasteiger partial charge in [0.15, 0.2) is 0 Å². The van der Waals surface area contributed by atoms with E-state index in [-0.39, 0.29) is 6.10 Å². The largest absolute Gasteiger partial charge is 0.408 e. The minimum atomic E-state index is -2.84. The van der Waals surface area contributed by atoms with Gasteiger partial charge in [0.25, 0.3) is 0 Å². The highest BCUT2D eigenvalue weighted by Gasteiger charge is 2.41. The van der Waals surface area contributed by atoms with E-state index in [9.17, 15) is 4.57 Å². The van der Waals surface area contributed by atoms with E-state index in [1.54, 1.807) is 0 Å². The average Bonchev–Trinajstić information content (AvgIpc) is 2.59. The molecule has 70 valence electrons. The van der Waals surface area contributed by atoms with Crippen LogP contribution in [0.5, 0.6) is 0 Å². The van der Waals surface area contributed by atoms with Crippen molar-refractivity contribution < 1.29 is 13.6 Å². The number of hydrogen-bond acceptors (Lipinski definition) is 3. The van der Waals surface area contributed by atoms with Gasteiger partial charge in [-0.15, -0.1) is 0 Å². The zero-order valence-corrected chi connectivity index (χ0v) is 8.13. The van der Waals surface area contributed by atoms with Crippen molar-refractivity contribution >= 4 is 7.75 Å². The zero-order chi connectivity index (χ0) is 8.60. The van der Waals surface area contributed by atoms with Crippen LogP contribution >= 0.6 is 7.75 Å². The van der Waals surface area contributed by atoms with Crippen LogP contribution in [0, 0.1) is 0 Å². The molecule has 2 atom stereocenters. The summed E-state index contributed by atoms with van der Waals surface area (Å²) in [5.41, 5.74) is 0. The molecule has 0 amide bonds. The fourth-order valence-corrected chi connectivity index (χ4v) is 3.63. The normalized spacial score (nSPS) is 43.9. The summed E-state index contributed by atoms with van der Waals surface area (Å²) in [5.74, 6) is 0. The molecule has 12 heavy (non-hydrogen) atoms. The third-order valence-electron chi connectivity index (χ3n) is 2.21. The van der Waals surface area contributed by atoms with Crippen LogP contribution in [0.4, 0.5) is 0 Å². The molecule has 2 unspecified atom stereocenters. The molecule has 0 aromatic rings. The molecule has 0 spiro atoms. The van der Waals surface area contributed by atoms with Crippen molar-refractivity contribution in [2.24, 2.45) is 0 Å². The van der Waals surface area contributed by atoms with E-state index < -0.39 is 7.75 Å². The van der Waals surface area contributed by atoms with Crippen molar-refractivity contribution in [2.45, 2.75) is 25.9 Å². The van der Waals surface area contributed by atoms with E-state index >= 15 is 0 Å². The van der Waals surface area contributed by atoms with E-state index in [1.807, 2.05) is 11.6 Å². The number of nitrogens with zero attached hydrogens (tertiary/aromatic N) is 1. The van der Waals surface area contributed by atoms with Gasteiger partial charge in [0.2, 0.25) is 0 Å². The SMILES string of the molecule is CC1COP(=O)(N2CCCC2)O1. The Morgan fingerprint density at radius 3 is 2.58 bits per heavy atom. The van der Waals surface area contributed by atoms with Gasteiger partial charge >= 0.3 is 7.75 Å². The van der Waals surface area contributed by atoms with Crippen molar-refractivity contribution in [3.05, 3.63) is 0 Å². The maximum Gasteiger partial charge on any atom is 0.408 e. The molecule has 0 bridgehead atoms. The van der Waals surface area contributed by atoms with Crippen LogP contribution in [0.25, 0.3) is 0 Å². The molecule has 0 radical (unpaired) electrons. The molecule has 2 fully saturated rings. The standard InChI is InChI=1S/C7H14NO3P/c1-7-6-10-12(9,11-7)8-4-2-3-5-8/h7H,2-6H2,1H3. The Labute approximate surface area is 72.4 Å². The van der Waals surface area contributed by atoms with Crippen LogP contribution in [-0.4, -0.2) is 30.5 Å². The summed E-state index contributed by atoms with van der Waals surface area (Å²) in [6.07, 6.45) is 2.19. The molecule has 0 aliphatic carbocycles. The van der Waals surface area contributed by atoms with Gasteiger partial charge in [0.05, 0.1) is 12.7 Å². The third-order valence-corrected chi connectivity index (χ3v) is 4.41. The van der Waals surface area contributed by atoms with E-state index in [1.165, 1.54) is 0 Å². The van der Waals surface area contributed by atoms with Crippen LogP contribution in [0.1, 0.15) is 19.8 Å². The van der Waals surface area contributed by atoms with Gasteiger partial charge in [0, 0.05) is 13.1 Å². The van der Waals surface area contributed by atoms with Crippen molar-refractivity contribution in [3.8, 4) is 0 Å². The van der Waals surface area contributed by atoms with Crippen LogP contribution in [0.3, 0.4) is 0 Å². The monoisotopic (exact) mass is 191 g/mol. The Hall–Kier alpha value is 0.110. The lowest BCUT2D eigenvalue weighted by Crippen LogP contribution is -2.16. The molecule has 4 nitrogen and oxygen atoms in total. The van der Waals surface area contributed by atoms with Crippen molar-refractivity contribution in [1.82, 2.24) is 4.67 Å². The predicted octanol–water partition coefficient (Wildman–Crippen LogP) is 1.63. The predicted molar refractivity (Wildman–Crippen MR) is 44.9 cm³/mol. The molecular weight excluding hydrogens is 177 g/mol. The average molecular weight is 191 g/mol. The quantitative estimate of drug-likeness (QED) is 0.590. The van der Waals surface area contributed by atoms with E-state index in [4.69, 9.17) is 9.05 Å². The molecule has 0 aromatic carbocycles. The Morgan fingerprint density at radius 2 is 2.08 bits per heavy atom. The maximum absolute atomic E-state index is 11.9. The van der Waals surface area contributed by atoms with Crippen LogP contribution in [0.2, 0.25) is 0 Å². The van der Waals surface area contributed by atoms with Gasteiger partial charge in [-0.3, -0.25) is 9.05 Å². The van der Waals surface area contributed by atoms with Gasteiger partial charge in [-0.2, -0.15) is 0 Å². The van der Waals surface area contributed by atoms with Gasteiger partial charge in [-0.25, -0.2) is 9.24 Å². The zero-order valence-electron chi connectivity index (χ0n) is 7.23. The molecular formula is C7H14NO3P. The van der Waals surface area contributed by atoms with E-state index in [0.717, 1.165) is 25.9 Å². The summed E-state index contributed by atoms with van der Waals surface area (Å²) in [7, 11) is -2.84. The first-order chi connectivity index (χ1) is 5.71. The fraction of sp³-hybridized carbons (Fsp3) is 1.00. The van der Waals surface area contributed by atoms with Gasteiger partial charge in [-0.05, 0) is 19.8 Å². The highest BCUT2D eigenvalue weighted by atomic mass is 31.2. The lowest BCUT2D eigenvalue weighted by atomic mass is 10.4. The van der Waals surface area contributed by atoms with E-state index in [2.05, 4.69) is 0 Å². The molecule has 0 saturated carbocycles. The summed E-state index contributed by atoms with van der Waals surface area (Å²) in [4.78, 5) is 0. The van der Waals surface area contributed by atoms with Crippen molar-refractivity contribution in [1.29, 1.82) is 0 Å². The minimum Gasteiger partial charge on any atom is -0.294 e. The molecule has 5 heteroatoms. The minimum absolute atomic E-state index is 0.0172. The highest BCUT2D eigenvalue weighted by Crippen LogP contribution is 2.58. The number of rotatable bonds is 1. The van der Waals surface area contributed by atoms with Crippen LogP contribution in [0.15, 0.2) is 0 Å². The third kappa shape index (κ3) is 1.44. The summed E-state index contributed by atoms with van der Waals surface area (Å²) in [5, 5.41) is 0. The molecule has 2 saturated heterocycles. The Bertz CT molecular complexity index is 215. The second-order valence-corrected chi connectivity index (χ2v) is 5.31. The smallest absolute Gasteiger partial charge is 0.294 e. The fourth-order valence-electron chi connectivity index (χ4n) is 1.58. The Morgan fingerprint density at radius 1 is 1.42 bits per heavy atom. The lowest BCUT2D eigenvalue weighted by molar-refractivity contribution is 0.239. The maximum atomic E-state index is 11.9. The first-order valence-electron chi connectivity index (χ1n) is 4.39. The second-order valence-electron chi connectivity index (χ2n) is 3.34. The van der Waals surface area contributed by atoms with Crippen LogP contribution < -0.4 is 0 Å². The van der Waals surface area contributed by atoms with Gasteiger partial charge in [-0.1, -0.05) is 0 Å². The topological polar surface area (TPSA) is 38.8 Å². The summed E-state index contributed by atoms with van der Waals surface area (Å²) in [6.45, 7) is 4.05. The first-order valence-corrected chi connectivity index (χ1v) is 5.89. The highest BCUT2D eigenvalue weighted by molar-refractivity contribution is 7.51. The molecule has 2 rings (SSSR count). The summed E-state index contributed by atoms with van der Waals surface area (Å²) >= 11 is 0. The second kappa shape index (κ2) is 3.11. The molecule has 0 aromatic heterocycles. The van der Waals surface area contributed by atoms with Gasteiger partial charge in [0.1, 0.15) is 0 Å². The van der Waals surface area contributed by atoms with Crippen molar-refractivity contribution in [2.75, 3.05) is 19.7 Å². The Balaban J connectivity index is 2.05. The van der Waals surface area contributed by atoms with Crippen molar-refractivity contribution in [3.63, 3.8) is 0 Å². The summed E-state index contributed by atoms with van der Waals surface area (Å²) in [6, 6.07) is 0. The molecule has 2 heterocycles. The molecule has 2 aliphatic rings. The van der Waals surface area contributed by atoms with Crippen LogP contribution in [-0.2, 0) is 13.6 Å². The van der Waals surface area contributed by atoms with Gasteiger partial charge < -0.3 is 0 Å². The first kappa shape index (κ1) is 8.70. The van der Waals surface area contributed by atoms with E-state index in [0.29, 0.717) is 6.61 Å². The molecule has 2 aliphatic heterocycles.